The van der Waals surface area contributed by atoms with E-state index in [1.807, 2.05) is 39.0 Å². The summed E-state index contributed by atoms with van der Waals surface area (Å²) in [5.41, 5.74) is 3.29. The van der Waals surface area contributed by atoms with Crippen molar-refractivity contribution in [2.24, 2.45) is 0 Å². The van der Waals surface area contributed by atoms with Crippen LogP contribution in [0.2, 0.25) is 5.02 Å². The van der Waals surface area contributed by atoms with Crippen molar-refractivity contribution in [3.05, 3.63) is 76.8 Å². The Bertz CT molecular complexity index is 1260. The van der Waals surface area contributed by atoms with E-state index in [1.54, 1.807) is 24.3 Å². The van der Waals surface area contributed by atoms with E-state index in [4.69, 9.17) is 21.1 Å². The van der Waals surface area contributed by atoms with E-state index < -0.39 is 10.0 Å². The Morgan fingerprint density at radius 1 is 0.914 bits per heavy atom. The maximum absolute atomic E-state index is 12.8. The molecule has 0 aliphatic heterocycles. The standard InChI is InChI=1S/C26H29ClN2O5S/c1-4-18-8-7-9-19(5-2)26(18)28-25(30)17-34-24-15-14-22(16-23(24)27)35(31,32)29-20-10-12-21(13-11-20)33-6-3/h7-16,29H,4-6,17H2,1-3H3,(H,28,30). The summed E-state index contributed by atoms with van der Waals surface area (Å²) >= 11 is 6.27. The molecule has 3 rings (SSSR count). The largest absolute Gasteiger partial charge is 0.494 e. The zero-order chi connectivity index (χ0) is 25.4. The molecule has 0 saturated carbocycles. The third-order valence-corrected chi connectivity index (χ3v) is 6.93. The molecular weight excluding hydrogens is 488 g/mol. The number of anilines is 2. The predicted octanol–water partition coefficient (Wildman–Crippen LogP) is 5.68. The summed E-state index contributed by atoms with van der Waals surface area (Å²) in [6, 6.07) is 16.6. The first-order chi connectivity index (χ1) is 16.8. The van der Waals surface area contributed by atoms with Gasteiger partial charge in [-0.25, -0.2) is 8.42 Å². The first kappa shape index (κ1) is 26.4. The lowest BCUT2D eigenvalue weighted by Crippen LogP contribution is -2.22. The fraction of sp³-hybridized carbons (Fsp3) is 0.269. The zero-order valence-electron chi connectivity index (χ0n) is 19.9. The van der Waals surface area contributed by atoms with Crippen molar-refractivity contribution in [1.29, 1.82) is 0 Å². The van der Waals surface area contributed by atoms with Crippen LogP contribution < -0.4 is 19.5 Å². The van der Waals surface area contributed by atoms with Crippen LogP contribution in [0.4, 0.5) is 11.4 Å². The molecule has 0 heterocycles. The van der Waals surface area contributed by atoms with Crippen molar-refractivity contribution in [2.45, 2.75) is 38.5 Å². The van der Waals surface area contributed by atoms with Gasteiger partial charge in [0.05, 0.1) is 16.5 Å². The van der Waals surface area contributed by atoms with E-state index in [0.717, 1.165) is 29.7 Å². The van der Waals surface area contributed by atoms with Crippen LogP contribution in [0.25, 0.3) is 0 Å². The second-order valence-corrected chi connectivity index (χ2v) is 9.74. The third kappa shape index (κ3) is 6.90. The molecule has 0 aliphatic carbocycles. The fourth-order valence-corrected chi connectivity index (χ4v) is 4.87. The summed E-state index contributed by atoms with van der Waals surface area (Å²) in [7, 11) is -3.88. The predicted molar refractivity (Wildman–Crippen MR) is 139 cm³/mol. The van der Waals surface area contributed by atoms with Crippen LogP contribution in [-0.4, -0.2) is 27.5 Å². The van der Waals surface area contributed by atoms with E-state index in [-0.39, 0.29) is 28.2 Å². The molecule has 0 unspecified atom stereocenters. The average Bonchev–Trinajstić information content (AvgIpc) is 2.84. The van der Waals surface area contributed by atoms with Gasteiger partial charge in [0, 0.05) is 11.4 Å². The summed E-state index contributed by atoms with van der Waals surface area (Å²) < 4.78 is 39.0. The topological polar surface area (TPSA) is 93.7 Å². The molecule has 186 valence electrons. The number of aryl methyl sites for hydroxylation is 2. The molecule has 3 aromatic rings. The number of carbonyl (C=O) groups excluding carboxylic acids is 1. The lowest BCUT2D eigenvalue weighted by atomic mass is 10.0. The maximum atomic E-state index is 12.8. The summed E-state index contributed by atoms with van der Waals surface area (Å²) in [6.07, 6.45) is 1.58. The van der Waals surface area contributed by atoms with E-state index in [1.165, 1.54) is 18.2 Å². The van der Waals surface area contributed by atoms with Crippen LogP contribution in [-0.2, 0) is 27.7 Å². The van der Waals surface area contributed by atoms with Crippen LogP contribution in [0, 0.1) is 0 Å². The van der Waals surface area contributed by atoms with Crippen molar-refractivity contribution in [1.82, 2.24) is 0 Å². The van der Waals surface area contributed by atoms with Crippen molar-refractivity contribution in [3.8, 4) is 11.5 Å². The fourth-order valence-electron chi connectivity index (χ4n) is 3.49. The van der Waals surface area contributed by atoms with Crippen molar-refractivity contribution in [2.75, 3.05) is 23.3 Å². The second kappa shape index (κ2) is 12.0. The summed E-state index contributed by atoms with van der Waals surface area (Å²) in [5.74, 6) is 0.528. The Labute approximate surface area is 211 Å². The van der Waals surface area contributed by atoms with E-state index in [2.05, 4.69) is 10.0 Å². The Morgan fingerprint density at radius 3 is 2.14 bits per heavy atom. The van der Waals surface area contributed by atoms with Gasteiger partial charge in [-0.3, -0.25) is 9.52 Å². The molecule has 7 nitrogen and oxygen atoms in total. The molecule has 35 heavy (non-hydrogen) atoms. The number of carbonyl (C=O) groups is 1. The van der Waals surface area contributed by atoms with E-state index >= 15 is 0 Å². The molecule has 0 saturated heterocycles. The van der Waals surface area contributed by atoms with Gasteiger partial charge in [-0.2, -0.15) is 0 Å². The smallest absolute Gasteiger partial charge is 0.262 e. The summed E-state index contributed by atoms with van der Waals surface area (Å²) in [4.78, 5) is 12.5. The molecule has 3 aromatic carbocycles. The summed E-state index contributed by atoms with van der Waals surface area (Å²) in [6.45, 7) is 6.18. The molecule has 0 fully saturated rings. The Hall–Kier alpha value is -3.23. The van der Waals surface area contributed by atoms with E-state index in [0.29, 0.717) is 18.0 Å². The highest BCUT2D eigenvalue weighted by atomic mass is 35.5. The minimum atomic E-state index is -3.88. The lowest BCUT2D eigenvalue weighted by Gasteiger charge is -2.15. The highest BCUT2D eigenvalue weighted by Crippen LogP contribution is 2.29. The number of benzene rings is 3. The molecule has 1 amide bonds. The number of hydrogen-bond donors (Lipinski definition) is 2. The summed E-state index contributed by atoms with van der Waals surface area (Å²) in [5, 5.41) is 3.00. The van der Waals surface area contributed by atoms with Crippen LogP contribution in [0.3, 0.4) is 0 Å². The van der Waals surface area contributed by atoms with Crippen LogP contribution >= 0.6 is 11.6 Å². The van der Waals surface area contributed by atoms with Gasteiger partial charge >= 0.3 is 0 Å². The first-order valence-electron chi connectivity index (χ1n) is 11.4. The number of hydrogen-bond acceptors (Lipinski definition) is 5. The number of halogens is 1. The molecular formula is C26H29ClN2O5S. The number of sulfonamides is 1. The first-order valence-corrected chi connectivity index (χ1v) is 13.2. The normalized spacial score (nSPS) is 11.1. The van der Waals surface area contributed by atoms with Crippen LogP contribution in [0.1, 0.15) is 31.9 Å². The highest BCUT2D eigenvalue weighted by molar-refractivity contribution is 7.92. The average molecular weight is 517 g/mol. The quantitative estimate of drug-likeness (QED) is 0.342. The minimum Gasteiger partial charge on any atom is -0.494 e. The molecule has 0 aromatic heterocycles. The van der Waals surface area contributed by atoms with Gasteiger partial charge in [0.25, 0.3) is 15.9 Å². The Morgan fingerprint density at radius 2 is 1.57 bits per heavy atom. The van der Waals surface area contributed by atoms with Crippen LogP contribution in [0.5, 0.6) is 11.5 Å². The highest BCUT2D eigenvalue weighted by Gasteiger charge is 2.17. The second-order valence-electron chi connectivity index (χ2n) is 7.65. The van der Waals surface area contributed by atoms with Gasteiger partial charge in [0.15, 0.2) is 6.61 Å². The Balaban J connectivity index is 1.65. The number of para-hydroxylation sites is 1. The molecule has 0 aliphatic rings. The monoisotopic (exact) mass is 516 g/mol. The number of nitrogens with one attached hydrogen (secondary N) is 2. The van der Waals surface area contributed by atoms with E-state index in [9.17, 15) is 13.2 Å². The van der Waals surface area contributed by atoms with Gasteiger partial charge in [0.1, 0.15) is 11.5 Å². The SMILES string of the molecule is CCOc1ccc(NS(=O)(=O)c2ccc(OCC(=O)Nc3c(CC)cccc3CC)c(Cl)c2)cc1. The molecule has 0 atom stereocenters. The van der Waals surface area contributed by atoms with Crippen molar-refractivity contribution < 1.29 is 22.7 Å². The van der Waals surface area contributed by atoms with Crippen LogP contribution in [0.15, 0.2) is 65.6 Å². The van der Waals surface area contributed by atoms with Gasteiger partial charge in [-0.15, -0.1) is 0 Å². The number of ether oxygens (including phenoxy) is 2. The molecule has 0 radical (unpaired) electrons. The number of amides is 1. The van der Waals surface area contributed by atoms with Gasteiger partial charge in [0.2, 0.25) is 0 Å². The third-order valence-electron chi connectivity index (χ3n) is 5.25. The molecule has 0 bridgehead atoms. The number of rotatable bonds is 11. The van der Waals surface area contributed by atoms with Gasteiger partial charge < -0.3 is 14.8 Å². The van der Waals surface area contributed by atoms with Gasteiger partial charge in [-0.1, -0.05) is 43.6 Å². The minimum absolute atomic E-state index is 0.0300. The van der Waals surface area contributed by atoms with Gasteiger partial charge in [-0.05, 0) is 73.4 Å². The maximum Gasteiger partial charge on any atom is 0.262 e. The molecule has 0 spiro atoms. The Kier molecular flexibility index (Phi) is 9.01. The molecule has 2 N–H and O–H groups in total. The van der Waals surface area contributed by atoms with Crippen molar-refractivity contribution >= 4 is 38.9 Å². The zero-order valence-corrected chi connectivity index (χ0v) is 21.5. The lowest BCUT2D eigenvalue weighted by molar-refractivity contribution is -0.118. The van der Waals surface area contributed by atoms with Crippen molar-refractivity contribution in [3.63, 3.8) is 0 Å². The molecule has 9 heteroatoms.